The van der Waals surface area contributed by atoms with E-state index in [1.807, 2.05) is 0 Å². The Kier molecular flexibility index (Phi) is 4.07. The highest BCUT2D eigenvalue weighted by Gasteiger charge is 2.34. The van der Waals surface area contributed by atoms with Crippen LogP contribution in [0.4, 0.5) is 19.0 Å². The van der Waals surface area contributed by atoms with E-state index in [9.17, 15) is 18.0 Å². The Labute approximate surface area is 120 Å². The van der Waals surface area contributed by atoms with E-state index in [-0.39, 0.29) is 16.5 Å². The minimum atomic E-state index is -4.47. The summed E-state index contributed by atoms with van der Waals surface area (Å²) in [6, 6.07) is -0.518. The minimum Gasteiger partial charge on any atom is -0.476 e. The van der Waals surface area contributed by atoms with E-state index < -0.39 is 23.9 Å². The lowest BCUT2D eigenvalue weighted by molar-refractivity contribution is -0.140. The molecule has 6 nitrogen and oxygen atoms in total. The van der Waals surface area contributed by atoms with E-state index in [2.05, 4.69) is 20.3 Å². The lowest BCUT2D eigenvalue weighted by Crippen LogP contribution is -2.11. The Balaban J connectivity index is 2.09. The van der Waals surface area contributed by atoms with Crippen LogP contribution in [0, 0.1) is 0 Å². The molecule has 1 atom stereocenters. The molecule has 2 aromatic rings. The number of carboxylic acids is 1. The summed E-state index contributed by atoms with van der Waals surface area (Å²) in [5, 5.41) is 12.7. The molecule has 0 aliphatic heterocycles. The Hall–Kier alpha value is -2.23. The van der Waals surface area contributed by atoms with Gasteiger partial charge in [-0.15, -0.1) is 11.3 Å². The molecule has 1 unspecified atom stereocenters. The third-order valence-corrected chi connectivity index (χ3v) is 3.45. The standard InChI is InChI=1S/C11H9F3N4O2S/c1-5(9-18-7(4-21-9)11(12,13)14)17-8-3-15-6(2-16-8)10(19)20/h2-5H,1H3,(H,16,17)(H,19,20). The van der Waals surface area contributed by atoms with Crippen LogP contribution in [-0.4, -0.2) is 26.0 Å². The summed E-state index contributed by atoms with van der Waals surface area (Å²) >= 11 is 0.876. The molecule has 0 radical (unpaired) electrons. The van der Waals surface area contributed by atoms with Crippen molar-refractivity contribution in [1.29, 1.82) is 0 Å². The summed E-state index contributed by atoms with van der Waals surface area (Å²) in [5.41, 5.74) is -1.16. The molecule has 10 heteroatoms. The van der Waals surface area contributed by atoms with Gasteiger partial charge in [0.1, 0.15) is 10.8 Å². The predicted octanol–water partition coefficient (Wildman–Crippen LogP) is 2.82. The number of nitrogens with one attached hydrogen (secondary N) is 1. The van der Waals surface area contributed by atoms with Gasteiger partial charge in [-0.3, -0.25) is 0 Å². The van der Waals surface area contributed by atoms with Gasteiger partial charge in [0.25, 0.3) is 0 Å². The number of aromatic nitrogens is 3. The number of aromatic carboxylic acids is 1. The lowest BCUT2D eigenvalue weighted by atomic mass is 10.3. The fourth-order valence-electron chi connectivity index (χ4n) is 1.41. The molecule has 0 aliphatic carbocycles. The highest BCUT2D eigenvalue weighted by atomic mass is 32.1. The van der Waals surface area contributed by atoms with Crippen LogP contribution >= 0.6 is 11.3 Å². The molecule has 0 spiro atoms. The summed E-state index contributed by atoms with van der Waals surface area (Å²) in [4.78, 5) is 21.6. The first-order valence-corrected chi connectivity index (χ1v) is 6.50. The molecule has 0 saturated heterocycles. The fourth-order valence-corrected chi connectivity index (χ4v) is 2.25. The summed E-state index contributed by atoms with van der Waals surface area (Å²) in [6.07, 6.45) is -2.23. The number of thiazole rings is 1. The quantitative estimate of drug-likeness (QED) is 0.901. The van der Waals surface area contributed by atoms with Gasteiger partial charge in [-0.25, -0.2) is 19.7 Å². The van der Waals surface area contributed by atoms with Crippen molar-refractivity contribution >= 4 is 23.1 Å². The maximum atomic E-state index is 12.5. The average molecular weight is 318 g/mol. The molecule has 112 valence electrons. The molecule has 0 amide bonds. The maximum Gasteiger partial charge on any atom is 0.434 e. The van der Waals surface area contributed by atoms with Crippen molar-refractivity contribution in [3.8, 4) is 0 Å². The summed E-state index contributed by atoms with van der Waals surface area (Å²) in [5.74, 6) is -0.965. The second-order valence-electron chi connectivity index (χ2n) is 4.03. The summed E-state index contributed by atoms with van der Waals surface area (Å²) in [6.45, 7) is 1.62. The summed E-state index contributed by atoms with van der Waals surface area (Å²) in [7, 11) is 0. The number of nitrogens with zero attached hydrogens (tertiary/aromatic N) is 3. The van der Waals surface area contributed by atoms with Crippen LogP contribution in [0.5, 0.6) is 0 Å². The smallest absolute Gasteiger partial charge is 0.434 e. The lowest BCUT2D eigenvalue weighted by Gasteiger charge is -2.11. The van der Waals surface area contributed by atoms with E-state index in [1.165, 1.54) is 6.20 Å². The Morgan fingerprint density at radius 2 is 2.10 bits per heavy atom. The number of carbonyl (C=O) groups is 1. The number of halogens is 3. The van der Waals surface area contributed by atoms with Crippen molar-refractivity contribution in [2.45, 2.75) is 19.1 Å². The largest absolute Gasteiger partial charge is 0.476 e. The van der Waals surface area contributed by atoms with Gasteiger partial charge in [-0.2, -0.15) is 13.2 Å². The van der Waals surface area contributed by atoms with Crippen molar-refractivity contribution in [2.24, 2.45) is 0 Å². The molecule has 0 fully saturated rings. The van der Waals surface area contributed by atoms with Gasteiger partial charge in [-0.1, -0.05) is 0 Å². The molecule has 2 rings (SSSR count). The second kappa shape index (κ2) is 5.64. The Morgan fingerprint density at radius 3 is 2.57 bits per heavy atom. The third-order valence-electron chi connectivity index (χ3n) is 2.42. The van der Waals surface area contributed by atoms with Gasteiger partial charge in [0, 0.05) is 5.38 Å². The van der Waals surface area contributed by atoms with E-state index in [1.54, 1.807) is 6.92 Å². The van der Waals surface area contributed by atoms with Crippen LogP contribution in [-0.2, 0) is 6.18 Å². The minimum absolute atomic E-state index is 0.221. The van der Waals surface area contributed by atoms with Crippen LogP contribution in [0.3, 0.4) is 0 Å². The maximum absolute atomic E-state index is 12.5. The van der Waals surface area contributed by atoms with Gasteiger partial charge in [0.15, 0.2) is 11.4 Å². The fraction of sp³-hybridized carbons (Fsp3) is 0.273. The molecule has 0 aliphatic rings. The van der Waals surface area contributed by atoms with Crippen LogP contribution in [0.15, 0.2) is 17.8 Å². The average Bonchev–Trinajstić information content (AvgIpc) is 2.88. The number of rotatable bonds is 4. The predicted molar refractivity (Wildman–Crippen MR) is 68.1 cm³/mol. The van der Waals surface area contributed by atoms with Crippen LogP contribution < -0.4 is 5.32 Å². The molecule has 0 aromatic carbocycles. The Morgan fingerprint density at radius 1 is 1.38 bits per heavy atom. The van der Waals surface area contributed by atoms with Gasteiger partial charge in [-0.05, 0) is 6.92 Å². The van der Waals surface area contributed by atoms with Crippen molar-refractivity contribution in [3.05, 3.63) is 34.2 Å². The number of hydrogen-bond donors (Lipinski definition) is 2. The molecule has 0 saturated carbocycles. The topological polar surface area (TPSA) is 88.0 Å². The van der Waals surface area contributed by atoms with Crippen LogP contribution in [0.25, 0.3) is 0 Å². The van der Waals surface area contributed by atoms with Crippen molar-refractivity contribution in [1.82, 2.24) is 15.0 Å². The monoisotopic (exact) mass is 318 g/mol. The van der Waals surface area contributed by atoms with Gasteiger partial charge < -0.3 is 10.4 Å². The SMILES string of the molecule is CC(Nc1cnc(C(=O)O)cn1)c1nc(C(F)(F)F)cs1. The molecule has 21 heavy (non-hydrogen) atoms. The van der Waals surface area contributed by atoms with Crippen molar-refractivity contribution < 1.29 is 23.1 Å². The van der Waals surface area contributed by atoms with Crippen molar-refractivity contribution in [2.75, 3.05) is 5.32 Å². The molecular weight excluding hydrogens is 309 g/mol. The molecule has 2 N–H and O–H groups in total. The summed E-state index contributed by atoms with van der Waals surface area (Å²) < 4.78 is 37.4. The number of carboxylic acid groups (broad SMARTS) is 1. The van der Waals surface area contributed by atoms with Crippen LogP contribution in [0.2, 0.25) is 0 Å². The second-order valence-corrected chi connectivity index (χ2v) is 4.92. The van der Waals surface area contributed by atoms with Crippen LogP contribution in [0.1, 0.15) is 34.2 Å². The van der Waals surface area contributed by atoms with Gasteiger partial charge in [0.2, 0.25) is 0 Å². The highest BCUT2D eigenvalue weighted by Crippen LogP contribution is 2.32. The Bertz CT molecular complexity index is 642. The molecular formula is C11H9F3N4O2S. The zero-order chi connectivity index (χ0) is 15.6. The molecule has 2 aromatic heterocycles. The first-order chi connectivity index (χ1) is 9.77. The van der Waals surface area contributed by atoms with E-state index in [0.717, 1.165) is 22.9 Å². The zero-order valence-corrected chi connectivity index (χ0v) is 11.4. The van der Waals surface area contributed by atoms with E-state index >= 15 is 0 Å². The van der Waals surface area contributed by atoms with Gasteiger partial charge in [0.05, 0.1) is 18.4 Å². The van der Waals surface area contributed by atoms with E-state index in [4.69, 9.17) is 5.11 Å². The van der Waals surface area contributed by atoms with E-state index in [0.29, 0.717) is 0 Å². The highest BCUT2D eigenvalue weighted by molar-refractivity contribution is 7.09. The zero-order valence-electron chi connectivity index (χ0n) is 10.5. The number of alkyl halides is 3. The first kappa shape index (κ1) is 15.2. The number of hydrogen-bond acceptors (Lipinski definition) is 6. The van der Waals surface area contributed by atoms with Crippen molar-refractivity contribution in [3.63, 3.8) is 0 Å². The third kappa shape index (κ3) is 3.66. The molecule has 0 bridgehead atoms. The van der Waals surface area contributed by atoms with Gasteiger partial charge >= 0.3 is 12.1 Å². The normalized spacial score (nSPS) is 13.0. The number of anilines is 1. The first-order valence-electron chi connectivity index (χ1n) is 5.62. The molecule has 2 heterocycles.